The molecule has 1 unspecified atom stereocenters. The van der Waals surface area contributed by atoms with Gasteiger partial charge >= 0.3 is 0 Å². The highest BCUT2D eigenvalue weighted by Gasteiger charge is 2.17. The van der Waals surface area contributed by atoms with Crippen LogP contribution in [0.15, 0.2) is 51.4 Å². The zero-order chi connectivity index (χ0) is 15.2. The molecule has 0 amide bonds. The van der Waals surface area contributed by atoms with Gasteiger partial charge in [-0.1, -0.05) is 57.0 Å². The van der Waals surface area contributed by atoms with Crippen LogP contribution in [-0.2, 0) is 6.42 Å². The van der Waals surface area contributed by atoms with E-state index in [0.29, 0.717) is 6.42 Å². The maximum Gasteiger partial charge on any atom is 0.126 e. The third kappa shape index (κ3) is 4.63. The molecule has 0 aliphatic rings. The lowest BCUT2D eigenvalue weighted by Crippen LogP contribution is -2.23. The smallest absolute Gasteiger partial charge is 0.126 e. The van der Waals surface area contributed by atoms with E-state index in [-0.39, 0.29) is 11.7 Å². The Morgan fingerprint density at radius 1 is 1.14 bits per heavy atom. The van der Waals surface area contributed by atoms with E-state index in [9.17, 15) is 4.39 Å². The zero-order valence-corrected chi connectivity index (χ0v) is 15.0. The van der Waals surface area contributed by atoms with Gasteiger partial charge in [0, 0.05) is 21.4 Å². The molecule has 2 aromatic rings. The van der Waals surface area contributed by atoms with Crippen LogP contribution < -0.4 is 5.32 Å². The van der Waals surface area contributed by atoms with Crippen LogP contribution in [0.3, 0.4) is 0 Å². The number of nitrogens with one attached hydrogen (secondary N) is 1. The Labute approximate surface area is 142 Å². The van der Waals surface area contributed by atoms with Crippen molar-refractivity contribution in [1.82, 2.24) is 5.32 Å². The van der Waals surface area contributed by atoms with E-state index in [1.54, 1.807) is 6.07 Å². The fourth-order valence-electron chi connectivity index (χ4n) is 2.38. The van der Waals surface area contributed by atoms with Crippen LogP contribution in [0.5, 0.6) is 0 Å². The Morgan fingerprint density at radius 3 is 2.62 bits per heavy atom. The molecule has 2 rings (SSSR count). The minimum absolute atomic E-state index is 0.147. The Hall–Kier alpha value is -0.710. The van der Waals surface area contributed by atoms with Gasteiger partial charge in [-0.15, -0.1) is 0 Å². The first-order valence-corrected chi connectivity index (χ1v) is 8.59. The summed E-state index contributed by atoms with van der Waals surface area (Å²) >= 11 is 7.02. The molecule has 0 saturated heterocycles. The van der Waals surface area contributed by atoms with Crippen molar-refractivity contribution in [2.75, 3.05) is 13.1 Å². The van der Waals surface area contributed by atoms with E-state index >= 15 is 0 Å². The lowest BCUT2D eigenvalue weighted by atomic mass is 9.91. The molecule has 0 aliphatic heterocycles. The first-order chi connectivity index (χ1) is 10.1. The summed E-state index contributed by atoms with van der Waals surface area (Å²) in [4.78, 5) is 0. The highest BCUT2D eigenvalue weighted by molar-refractivity contribution is 9.10. The second-order valence-corrected chi connectivity index (χ2v) is 6.74. The van der Waals surface area contributed by atoms with Crippen molar-refractivity contribution in [2.45, 2.75) is 19.3 Å². The van der Waals surface area contributed by atoms with Gasteiger partial charge in [0.15, 0.2) is 0 Å². The molecule has 0 aliphatic carbocycles. The minimum Gasteiger partial charge on any atom is -0.316 e. The highest BCUT2D eigenvalue weighted by atomic mass is 79.9. The maximum atomic E-state index is 14.0. The van der Waals surface area contributed by atoms with Crippen molar-refractivity contribution >= 4 is 31.9 Å². The zero-order valence-electron chi connectivity index (χ0n) is 11.9. The molecule has 1 atom stereocenters. The lowest BCUT2D eigenvalue weighted by molar-refractivity contribution is 0.561. The van der Waals surface area contributed by atoms with Gasteiger partial charge in [-0.2, -0.15) is 0 Å². The predicted octanol–water partition coefficient (Wildman–Crippen LogP) is 5.29. The van der Waals surface area contributed by atoms with E-state index in [1.807, 2.05) is 24.3 Å². The van der Waals surface area contributed by atoms with Gasteiger partial charge < -0.3 is 5.32 Å². The minimum atomic E-state index is -0.147. The number of likely N-dealkylation sites (N-methyl/N-ethyl adjacent to an activating group) is 1. The van der Waals surface area contributed by atoms with Gasteiger partial charge in [0.25, 0.3) is 0 Å². The third-order valence-electron chi connectivity index (χ3n) is 3.46. The summed E-state index contributed by atoms with van der Waals surface area (Å²) in [7, 11) is 0. The van der Waals surface area contributed by atoms with Crippen molar-refractivity contribution in [3.8, 4) is 0 Å². The summed E-state index contributed by atoms with van der Waals surface area (Å²) in [6.45, 7) is 3.81. The maximum absolute atomic E-state index is 14.0. The van der Waals surface area contributed by atoms with Crippen LogP contribution in [0.1, 0.15) is 24.0 Å². The van der Waals surface area contributed by atoms with Crippen LogP contribution in [-0.4, -0.2) is 13.1 Å². The molecular weight excluding hydrogens is 397 g/mol. The van der Waals surface area contributed by atoms with Gasteiger partial charge in [0.05, 0.1) is 0 Å². The van der Waals surface area contributed by atoms with Gasteiger partial charge in [0.1, 0.15) is 5.82 Å². The fraction of sp³-hybridized carbons (Fsp3) is 0.294. The summed E-state index contributed by atoms with van der Waals surface area (Å²) in [5.41, 5.74) is 1.95. The predicted molar refractivity (Wildman–Crippen MR) is 93.2 cm³/mol. The van der Waals surface area contributed by atoms with E-state index in [0.717, 1.165) is 27.6 Å². The molecule has 0 spiro atoms. The quantitative estimate of drug-likeness (QED) is 0.677. The van der Waals surface area contributed by atoms with E-state index in [2.05, 4.69) is 50.2 Å². The largest absolute Gasteiger partial charge is 0.316 e. The molecule has 2 aromatic carbocycles. The van der Waals surface area contributed by atoms with Crippen molar-refractivity contribution in [1.29, 1.82) is 0 Å². The molecule has 1 nitrogen and oxygen atoms in total. The first-order valence-electron chi connectivity index (χ1n) is 7.01. The van der Waals surface area contributed by atoms with Gasteiger partial charge in [0.2, 0.25) is 0 Å². The van der Waals surface area contributed by atoms with E-state index in [4.69, 9.17) is 0 Å². The van der Waals surface area contributed by atoms with Crippen molar-refractivity contribution in [2.24, 2.45) is 0 Å². The summed E-state index contributed by atoms with van der Waals surface area (Å²) in [5.74, 6) is 0.0797. The summed E-state index contributed by atoms with van der Waals surface area (Å²) in [5, 5.41) is 3.37. The van der Waals surface area contributed by atoms with Gasteiger partial charge in [-0.3, -0.25) is 0 Å². The second-order valence-electron chi connectivity index (χ2n) is 4.97. The summed E-state index contributed by atoms with van der Waals surface area (Å²) in [6.07, 6.45) is 0.668. The molecule has 0 bridgehead atoms. The summed E-state index contributed by atoms with van der Waals surface area (Å²) < 4.78 is 16.0. The fourth-order valence-corrected chi connectivity index (χ4v) is 3.40. The Kier molecular flexibility index (Phi) is 6.40. The Bertz CT molecular complexity index is 601. The molecule has 1 N–H and O–H groups in total. The topological polar surface area (TPSA) is 12.0 Å². The molecule has 4 heteroatoms. The molecule has 21 heavy (non-hydrogen) atoms. The third-order valence-corrected chi connectivity index (χ3v) is 4.68. The first kappa shape index (κ1) is 16.7. The Balaban J connectivity index is 2.28. The van der Waals surface area contributed by atoms with Crippen LogP contribution in [0.2, 0.25) is 0 Å². The number of hydrogen-bond acceptors (Lipinski definition) is 1. The molecular formula is C17H18Br2FN. The highest BCUT2D eigenvalue weighted by Crippen LogP contribution is 2.29. The molecule has 0 fully saturated rings. The average Bonchev–Trinajstić information content (AvgIpc) is 2.48. The van der Waals surface area contributed by atoms with E-state index in [1.165, 1.54) is 11.6 Å². The van der Waals surface area contributed by atoms with Crippen LogP contribution in [0.4, 0.5) is 4.39 Å². The molecule has 0 aromatic heterocycles. The van der Waals surface area contributed by atoms with Crippen molar-refractivity contribution < 1.29 is 4.39 Å². The van der Waals surface area contributed by atoms with E-state index < -0.39 is 0 Å². The van der Waals surface area contributed by atoms with Gasteiger partial charge in [-0.05, 0) is 48.4 Å². The molecule has 112 valence electrons. The summed E-state index contributed by atoms with van der Waals surface area (Å²) in [6, 6.07) is 13.3. The molecule has 0 saturated carbocycles. The van der Waals surface area contributed by atoms with Crippen molar-refractivity contribution in [3.05, 3.63) is 68.4 Å². The normalized spacial score (nSPS) is 12.4. The van der Waals surface area contributed by atoms with Crippen LogP contribution in [0.25, 0.3) is 0 Å². The van der Waals surface area contributed by atoms with Crippen molar-refractivity contribution in [3.63, 3.8) is 0 Å². The second kappa shape index (κ2) is 8.06. The number of benzene rings is 2. The Morgan fingerprint density at radius 2 is 1.90 bits per heavy atom. The van der Waals surface area contributed by atoms with Crippen LogP contribution in [0, 0.1) is 5.82 Å². The number of hydrogen-bond donors (Lipinski definition) is 1. The lowest BCUT2D eigenvalue weighted by Gasteiger charge is -2.20. The number of rotatable bonds is 6. The monoisotopic (exact) mass is 413 g/mol. The molecule has 0 radical (unpaired) electrons. The SMILES string of the molecule is CCNCC(Cc1cc(Br)ccc1F)c1ccccc1Br. The number of halogens is 3. The van der Waals surface area contributed by atoms with Gasteiger partial charge in [-0.25, -0.2) is 4.39 Å². The standard InChI is InChI=1S/C17H18Br2FN/c1-2-21-11-13(15-5-3-4-6-16(15)19)9-12-10-14(18)7-8-17(12)20/h3-8,10,13,21H,2,9,11H2,1H3. The average molecular weight is 415 g/mol. The van der Waals surface area contributed by atoms with Crippen LogP contribution >= 0.6 is 31.9 Å². The molecule has 0 heterocycles.